The average molecular weight is 229 g/mol. The third kappa shape index (κ3) is 3.06. The van der Waals surface area contributed by atoms with E-state index in [1.165, 1.54) is 16.7 Å². The van der Waals surface area contributed by atoms with Gasteiger partial charge >= 0.3 is 0 Å². The maximum absolute atomic E-state index is 11.7. The zero-order valence-corrected chi connectivity index (χ0v) is 9.75. The fourth-order valence-electron chi connectivity index (χ4n) is 1.50. The highest BCUT2D eigenvalue weighted by atomic mass is 32.2. The number of thioether (sulfide) groups is 1. The third-order valence-corrected chi connectivity index (χ3v) is 3.35. The number of amides is 2. The molecule has 5 heteroatoms. The molecule has 0 bridgehead atoms. The topological polar surface area (TPSA) is 54.5 Å². The van der Waals surface area contributed by atoms with Crippen LogP contribution >= 0.6 is 11.8 Å². The number of imide groups is 1. The van der Waals surface area contributed by atoms with Crippen LogP contribution in [0.4, 0.5) is 0 Å². The number of likely N-dealkylation sites (tertiary alicyclic amines) is 1. The molecule has 0 aliphatic carbocycles. The van der Waals surface area contributed by atoms with Crippen molar-refractivity contribution in [3.8, 4) is 0 Å². The minimum atomic E-state index is -0.246. The van der Waals surface area contributed by atoms with Gasteiger partial charge < -0.3 is 4.79 Å². The van der Waals surface area contributed by atoms with Gasteiger partial charge in [-0.2, -0.15) is 0 Å². The first-order chi connectivity index (χ1) is 7.06. The van der Waals surface area contributed by atoms with Crippen LogP contribution in [0.1, 0.15) is 26.7 Å². The van der Waals surface area contributed by atoms with E-state index in [1.807, 2.05) is 13.8 Å². The summed E-state index contributed by atoms with van der Waals surface area (Å²) >= 11 is 1.51. The molecule has 1 saturated heterocycles. The van der Waals surface area contributed by atoms with Gasteiger partial charge in [0.2, 0.25) is 11.8 Å². The number of nitrogens with zero attached hydrogens (tertiary/aromatic N) is 1. The molecule has 84 valence electrons. The summed E-state index contributed by atoms with van der Waals surface area (Å²) < 4.78 is 0. The molecule has 2 amide bonds. The Morgan fingerprint density at radius 3 is 2.73 bits per heavy atom. The molecule has 1 atom stereocenters. The van der Waals surface area contributed by atoms with Gasteiger partial charge in [0.05, 0.1) is 5.25 Å². The Labute approximate surface area is 93.4 Å². The second-order valence-electron chi connectivity index (χ2n) is 3.72. The van der Waals surface area contributed by atoms with Gasteiger partial charge in [0.15, 0.2) is 0 Å². The molecule has 1 rings (SSSR count). The zero-order valence-electron chi connectivity index (χ0n) is 8.93. The Balaban J connectivity index is 2.57. The lowest BCUT2D eigenvalue weighted by Crippen LogP contribution is -2.32. The third-order valence-electron chi connectivity index (χ3n) is 2.11. The average Bonchev–Trinajstić information content (AvgIpc) is 2.39. The Bertz CT molecular complexity index is 278. The van der Waals surface area contributed by atoms with Crippen LogP contribution in [0.5, 0.6) is 0 Å². The van der Waals surface area contributed by atoms with E-state index < -0.39 is 0 Å². The van der Waals surface area contributed by atoms with Gasteiger partial charge in [-0.15, -0.1) is 11.8 Å². The number of carbonyl (C=O) groups is 3. The predicted octanol–water partition coefficient (Wildman–Crippen LogP) is 0.845. The molecular weight excluding hydrogens is 214 g/mol. The lowest BCUT2D eigenvalue weighted by Gasteiger charge is -2.13. The molecular formula is C10H15NO3S. The quantitative estimate of drug-likeness (QED) is 0.518. The fraction of sp³-hybridized carbons (Fsp3) is 0.700. The standard InChI is InChI=1S/C10H15NO3S/c1-7(2)15-8-6-9(13)11(10(8)14)4-3-5-12/h5,7-8H,3-4,6H2,1-2H3. The van der Waals surface area contributed by atoms with Crippen molar-refractivity contribution in [1.29, 1.82) is 0 Å². The van der Waals surface area contributed by atoms with Crippen LogP contribution in [0.3, 0.4) is 0 Å². The minimum absolute atomic E-state index is 0.138. The summed E-state index contributed by atoms with van der Waals surface area (Å²) in [6.45, 7) is 4.23. The van der Waals surface area contributed by atoms with E-state index in [0.717, 1.165) is 6.29 Å². The first-order valence-corrected chi connectivity index (χ1v) is 5.94. The molecule has 0 N–H and O–H groups in total. The van der Waals surface area contributed by atoms with Crippen LogP contribution < -0.4 is 0 Å². The number of hydrogen-bond donors (Lipinski definition) is 0. The van der Waals surface area contributed by atoms with E-state index in [0.29, 0.717) is 5.25 Å². The zero-order chi connectivity index (χ0) is 11.4. The van der Waals surface area contributed by atoms with Crippen LogP contribution in [0.25, 0.3) is 0 Å². The Morgan fingerprint density at radius 1 is 1.53 bits per heavy atom. The first-order valence-electron chi connectivity index (χ1n) is 4.99. The van der Waals surface area contributed by atoms with E-state index in [4.69, 9.17) is 0 Å². The lowest BCUT2D eigenvalue weighted by molar-refractivity contribution is -0.138. The number of aldehydes is 1. The summed E-state index contributed by atoms with van der Waals surface area (Å²) in [4.78, 5) is 34.6. The second-order valence-corrected chi connectivity index (χ2v) is 5.50. The number of carbonyl (C=O) groups excluding carboxylic acids is 3. The molecule has 0 aromatic heterocycles. The van der Waals surface area contributed by atoms with Crippen LogP contribution in [0, 0.1) is 0 Å². The summed E-state index contributed by atoms with van der Waals surface area (Å²) in [6.07, 6.45) is 1.24. The Morgan fingerprint density at radius 2 is 2.20 bits per heavy atom. The van der Waals surface area contributed by atoms with Crippen molar-refractivity contribution >= 4 is 29.9 Å². The maximum atomic E-state index is 11.7. The van der Waals surface area contributed by atoms with Crippen molar-refractivity contribution in [2.75, 3.05) is 6.54 Å². The van der Waals surface area contributed by atoms with Crippen molar-refractivity contribution in [2.45, 2.75) is 37.2 Å². The van der Waals surface area contributed by atoms with Crippen molar-refractivity contribution < 1.29 is 14.4 Å². The molecule has 4 nitrogen and oxygen atoms in total. The smallest absolute Gasteiger partial charge is 0.242 e. The summed E-state index contributed by atoms with van der Waals surface area (Å²) in [5, 5.41) is 0.0851. The summed E-state index contributed by atoms with van der Waals surface area (Å²) in [5.41, 5.74) is 0. The highest BCUT2D eigenvalue weighted by molar-refractivity contribution is 8.01. The highest BCUT2D eigenvalue weighted by Gasteiger charge is 2.38. The number of rotatable bonds is 5. The fourth-order valence-corrected chi connectivity index (χ4v) is 2.64. The lowest BCUT2D eigenvalue weighted by atomic mass is 10.3. The summed E-state index contributed by atoms with van der Waals surface area (Å²) in [7, 11) is 0. The molecule has 15 heavy (non-hydrogen) atoms. The van der Waals surface area contributed by atoms with Crippen molar-refractivity contribution in [1.82, 2.24) is 4.90 Å². The molecule has 0 spiro atoms. The minimum Gasteiger partial charge on any atom is -0.303 e. The Hall–Kier alpha value is -0.840. The van der Waals surface area contributed by atoms with E-state index >= 15 is 0 Å². The van der Waals surface area contributed by atoms with E-state index in [2.05, 4.69) is 0 Å². The molecule has 0 aromatic carbocycles. The SMILES string of the molecule is CC(C)SC1CC(=O)N(CCC=O)C1=O. The summed E-state index contributed by atoms with van der Waals surface area (Å²) in [6, 6.07) is 0. The van der Waals surface area contributed by atoms with Crippen LogP contribution in [0.2, 0.25) is 0 Å². The molecule has 1 aliphatic heterocycles. The van der Waals surface area contributed by atoms with Gasteiger partial charge in [-0.25, -0.2) is 0 Å². The van der Waals surface area contributed by atoms with Crippen molar-refractivity contribution in [2.24, 2.45) is 0 Å². The van der Waals surface area contributed by atoms with Gasteiger partial charge in [-0.1, -0.05) is 13.8 Å². The van der Waals surface area contributed by atoms with Gasteiger partial charge in [-0.05, 0) is 5.25 Å². The molecule has 1 unspecified atom stereocenters. The van der Waals surface area contributed by atoms with Crippen molar-refractivity contribution in [3.63, 3.8) is 0 Å². The van der Waals surface area contributed by atoms with Gasteiger partial charge in [0.25, 0.3) is 0 Å². The second kappa shape index (κ2) is 5.30. The van der Waals surface area contributed by atoms with Crippen LogP contribution in [0.15, 0.2) is 0 Å². The van der Waals surface area contributed by atoms with Gasteiger partial charge in [-0.3, -0.25) is 14.5 Å². The monoisotopic (exact) mass is 229 g/mol. The molecule has 0 saturated carbocycles. The van der Waals surface area contributed by atoms with Crippen LogP contribution in [-0.2, 0) is 14.4 Å². The van der Waals surface area contributed by atoms with Crippen molar-refractivity contribution in [3.05, 3.63) is 0 Å². The van der Waals surface area contributed by atoms with E-state index in [-0.39, 0.29) is 36.5 Å². The predicted molar refractivity (Wildman–Crippen MR) is 58.5 cm³/mol. The number of hydrogen-bond acceptors (Lipinski definition) is 4. The molecule has 0 radical (unpaired) electrons. The molecule has 1 aliphatic rings. The highest BCUT2D eigenvalue weighted by Crippen LogP contribution is 2.28. The Kier molecular flexibility index (Phi) is 4.32. The maximum Gasteiger partial charge on any atom is 0.242 e. The van der Waals surface area contributed by atoms with E-state index in [9.17, 15) is 14.4 Å². The van der Waals surface area contributed by atoms with Gasteiger partial charge in [0, 0.05) is 19.4 Å². The largest absolute Gasteiger partial charge is 0.303 e. The van der Waals surface area contributed by atoms with E-state index in [1.54, 1.807) is 0 Å². The molecule has 1 fully saturated rings. The van der Waals surface area contributed by atoms with Crippen LogP contribution in [-0.4, -0.2) is 40.0 Å². The van der Waals surface area contributed by atoms with Gasteiger partial charge in [0.1, 0.15) is 6.29 Å². The summed E-state index contributed by atoms with van der Waals surface area (Å²) in [5.74, 6) is -0.291. The molecule has 1 heterocycles. The first kappa shape index (κ1) is 12.2. The normalized spacial score (nSPS) is 21.5. The molecule has 0 aromatic rings.